The molecule has 0 bridgehead atoms. The number of aromatic nitrogens is 2. The lowest BCUT2D eigenvalue weighted by molar-refractivity contribution is 0.0922. The van der Waals surface area contributed by atoms with Crippen LogP contribution in [0.25, 0.3) is 11.3 Å². The number of hydrogen-bond donors (Lipinski definition) is 1. The third-order valence-electron chi connectivity index (χ3n) is 5.75. The molecule has 4 rings (SSSR count). The average Bonchev–Trinajstić information content (AvgIpc) is 3.23. The highest BCUT2D eigenvalue weighted by Gasteiger charge is 2.25. The third kappa shape index (κ3) is 4.80. The Hall–Kier alpha value is -3.66. The van der Waals surface area contributed by atoms with Gasteiger partial charge in [-0.25, -0.2) is 4.98 Å². The van der Waals surface area contributed by atoms with Crippen molar-refractivity contribution in [3.05, 3.63) is 114 Å². The van der Waals surface area contributed by atoms with E-state index < -0.39 is 0 Å². The van der Waals surface area contributed by atoms with Gasteiger partial charge in [-0.2, -0.15) is 0 Å². The number of carbonyl (C=O) groups is 1. The van der Waals surface area contributed by atoms with Gasteiger partial charge in [0.25, 0.3) is 5.91 Å². The van der Waals surface area contributed by atoms with Gasteiger partial charge in [-0.3, -0.25) is 4.79 Å². The smallest absolute Gasteiger partial charge is 0.251 e. The van der Waals surface area contributed by atoms with Gasteiger partial charge in [0, 0.05) is 23.9 Å². The van der Waals surface area contributed by atoms with E-state index in [2.05, 4.69) is 73.3 Å². The second-order valence-corrected chi connectivity index (χ2v) is 8.47. The van der Waals surface area contributed by atoms with Crippen LogP contribution in [0.2, 0.25) is 0 Å². The number of hydrogen-bond acceptors (Lipinski definition) is 2. The van der Waals surface area contributed by atoms with E-state index in [0.29, 0.717) is 12.1 Å². The number of aryl methyl sites for hydroxylation is 1. The SMILES string of the molecule is Cc1ccccc1Cn1cc(-c2ccccc2)nc1[C@H](NC(=O)c1ccccc1)C(C)C. The summed E-state index contributed by atoms with van der Waals surface area (Å²) in [5.41, 5.74) is 5.10. The molecule has 32 heavy (non-hydrogen) atoms. The first-order valence-electron chi connectivity index (χ1n) is 11.1. The number of rotatable bonds is 7. The summed E-state index contributed by atoms with van der Waals surface area (Å²) in [5, 5.41) is 3.23. The van der Waals surface area contributed by atoms with E-state index >= 15 is 0 Å². The monoisotopic (exact) mass is 423 g/mol. The minimum Gasteiger partial charge on any atom is -0.342 e. The Balaban J connectivity index is 1.74. The van der Waals surface area contributed by atoms with Crippen molar-refractivity contribution in [2.45, 2.75) is 33.4 Å². The van der Waals surface area contributed by atoms with Gasteiger partial charge in [0.1, 0.15) is 5.82 Å². The summed E-state index contributed by atoms with van der Waals surface area (Å²) in [4.78, 5) is 18.0. The first-order chi connectivity index (χ1) is 15.5. The van der Waals surface area contributed by atoms with Gasteiger partial charge in [0.05, 0.1) is 11.7 Å². The van der Waals surface area contributed by atoms with Gasteiger partial charge in [0.15, 0.2) is 0 Å². The molecule has 0 spiro atoms. The molecule has 1 atom stereocenters. The van der Waals surface area contributed by atoms with Gasteiger partial charge in [-0.05, 0) is 36.1 Å². The summed E-state index contributed by atoms with van der Waals surface area (Å²) in [5.74, 6) is 0.951. The lowest BCUT2D eigenvalue weighted by Crippen LogP contribution is -2.33. The summed E-state index contributed by atoms with van der Waals surface area (Å²) in [6, 6.07) is 27.7. The van der Waals surface area contributed by atoms with Crippen LogP contribution in [0.15, 0.2) is 91.1 Å². The van der Waals surface area contributed by atoms with E-state index in [1.807, 2.05) is 48.5 Å². The number of nitrogens with zero attached hydrogens (tertiary/aromatic N) is 2. The maximum atomic E-state index is 13.0. The van der Waals surface area contributed by atoms with Crippen molar-refractivity contribution in [3.8, 4) is 11.3 Å². The topological polar surface area (TPSA) is 46.9 Å². The Bertz CT molecular complexity index is 1180. The number of nitrogens with one attached hydrogen (secondary N) is 1. The molecule has 0 radical (unpaired) electrons. The average molecular weight is 424 g/mol. The molecule has 0 aliphatic rings. The zero-order valence-corrected chi connectivity index (χ0v) is 18.8. The molecular formula is C28H29N3O. The number of imidazole rings is 1. The van der Waals surface area contributed by atoms with Crippen molar-refractivity contribution in [2.24, 2.45) is 5.92 Å². The standard InChI is InChI=1S/C28H29N3O/c1-20(2)26(30-28(32)23-15-8-5-9-16-23)27-29-25(22-13-6-4-7-14-22)19-31(27)18-24-17-11-10-12-21(24)3/h4-17,19-20,26H,18H2,1-3H3,(H,30,32)/t26-/m1/s1. The number of benzene rings is 3. The van der Waals surface area contributed by atoms with Crippen LogP contribution in [0.5, 0.6) is 0 Å². The molecule has 0 saturated heterocycles. The molecule has 0 fully saturated rings. The van der Waals surface area contributed by atoms with E-state index in [-0.39, 0.29) is 17.9 Å². The van der Waals surface area contributed by atoms with E-state index in [9.17, 15) is 4.79 Å². The summed E-state index contributed by atoms with van der Waals surface area (Å²) < 4.78 is 2.18. The highest BCUT2D eigenvalue weighted by molar-refractivity contribution is 5.94. The molecule has 1 aromatic heterocycles. The van der Waals surface area contributed by atoms with E-state index in [0.717, 1.165) is 17.1 Å². The normalized spacial score (nSPS) is 12.0. The van der Waals surface area contributed by atoms with Crippen LogP contribution in [0, 0.1) is 12.8 Å². The van der Waals surface area contributed by atoms with Crippen LogP contribution in [-0.4, -0.2) is 15.5 Å². The second kappa shape index (κ2) is 9.65. The van der Waals surface area contributed by atoms with Crippen LogP contribution in [0.4, 0.5) is 0 Å². The molecule has 4 aromatic rings. The zero-order chi connectivity index (χ0) is 22.5. The minimum atomic E-state index is -0.218. The Morgan fingerprint density at radius 3 is 2.19 bits per heavy atom. The molecule has 3 aromatic carbocycles. The lowest BCUT2D eigenvalue weighted by atomic mass is 10.0. The van der Waals surface area contributed by atoms with Gasteiger partial charge in [-0.1, -0.05) is 86.6 Å². The molecule has 0 saturated carbocycles. The zero-order valence-electron chi connectivity index (χ0n) is 18.8. The van der Waals surface area contributed by atoms with Crippen LogP contribution in [0.3, 0.4) is 0 Å². The van der Waals surface area contributed by atoms with Crippen molar-refractivity contribution in [1.29, 1.82) is 0 Å². The predicted octanol–water partition coefficient (Wildman–Crippen LogP) is 6.03. The molecule has 0 aliphatic carbocycles. The number of carbonyl (C=O) groups excluding carboxylic acids is 1. The van der Waals surface area contributed by atoms with Gasteiger partial charge in [-0.15, -0.1) is 0 Å². The van der Waals surface area contributed by atoms with Crippen LogP contribution < -0.4 is 5.32 Å². The van der Waals surface area contributed by atoms with Crippen LogP contribution >= 0.6 is 0 Å². The van der Waals surface area contributed by atoms with Crippen molar-refractivity contribution in [3.63, 3.8) is 0 Å². The first kappa shape index (κ1) is 21.6. The quantitative estimate of drug-likeness (QED) is 0.394. The molecule has 0 unspecified atom stereocenters. The van der Waals surface area contributed by atoms with Crippen LogP contribution in [-0.2, 0) is 6.54 Å². The molecular weight excluding hydrogens is 394 g/mol. The molecule has 1 amide bonds. The summed E-state index contributed by atoms with van der Waals surface area (Å²) in [6.45, 7) is 7.06. The molecule has 4 heteroatoms. The molecule has 1 N–H and O–H groups in total. The van der Waals surface area contributed by atoms with Crippen LogP contribution in [0.1, 0.15) is 47.2 Å². The van der Waals surface area contributed by atoms with Crippen molar-refractivity contribution >= 4 is 5.91 Å². The molecule has 1 heterocycles. The fourth-order valence-electron chi connectivity index (χ4n) is 3.87. The van der Waals surface area contributed by atoms with Gasteiger partial charge in [0.2, 0.25) is 0 Å². The minimum absolute atomic E-state index is 0.0870. The molecule has 162 valence electrons. The van der Waals surface area contributed by atoms with Crippen molar-refractivity contribution in [2.75, 3.05) is 0 Å². The fraction of sp³-hybridized carbons (Fsp3) is 0.214. The largest absolute Gasteiger partial charge is 0.342 e. The fourth-order valence-corrected chi connectivity index (χ4v) is 3.87. The summed E-state index contributed by atoms with van der Waals surface area (Å²) in [6.07, 6.45) is 2.10. The lowest BCUT2D eigenvalue weighted by Gasteiger charge is -2.23. The highest BCUT2D eigenvalue weighted by atomic mass is 16.1. The summed E-state index contributed by atoms with van der Waals surface area (Å²) >= 11 is 0. The maximum absolute atomic E-state index is 13.0. The van der Waals surface area contributed by atoms with E-state index in [1.54, 1.807) is 0 Å². The molecule has 0 aliphatic heterocycles. The Kier molecular flexibility index (Phi) is 6.50. The van der Waals surface area contributed by atoms with Gasteiger partial charge < -0.3 is 9.88 Å². The highest BCUT2D eigenvalue weighted by Crippen LogP contribution is 2.27. The summed E-state index contributed by atoms with van der Waals surface area (Å²) in [7, 11) is 0. The van der Waals surface area contributed by atoms with E-state index in [4.69, 9.17) is 4.98 Å². The van der Waals surface area contributed by atoms with Crippen molar-refractivity contribution in [1.82, 2.24) is 14.9 Å². The Labute approximate surface area is 190 Å². The van der Waals surface area contributed by atoms with E-state index in [1.165, 1.54) is 11.1 Å². The first-order valence-corrected chi connectivity index (χ1v) is 11.1. The maximum Gasteiger partial charge on any atom is 0.251 e. The third-order valence-corrected chi connectivity index (χ3v) is 5.75. The molecule has 4 nitrogen and oxygen atoms in total. The van der Waals surface area contributed by atoms with Gasteiger partial charge >= 0.3 is 0 Å². The predicted molar refractivity (Wildman–Crippen MR) is 129 cm³/mol. The van der Waals surface area contributed by atoms with Crippen molar-refractivity contribution < 1.29 is 4.79 Å². The Morgan fingerprint density at radius 1 is 0.906 bits per heavy atom. The second-order valence-electron chi connectivity index (χ2n) is 8.47. The Morgan fingerprint density at radius 2 is 1.53 bits per heavy atom. The number of amides is 1.